The molecule has 4 unspecified atom stereocenters. The van der Waals surface area contributed by atoms with E-state index in [0.717, 1.165) is 41.4 Å². The van der Waals surface area contributed by atoms with Crippen molar-refractivity contribution in [1.82, 2.24) is 0 Å². The second kappa shape index (κ2) is 7.04. The van der Waals surface area contributed by atoms with E-state index in [1.807, 2.05) is 0 Å². The summed E-state index contributed by atoms with van der Waals surface area (Å²) >= 11 is 2.24. The standard InChI is InChI=1S/C23H41NS/c1-16-5-8-20-19-7-6-17-15-18(25-14-4-13-24)9-11-23(17,3)21(19)10-12-22(16,20)2/h16-21H,4-15,24H2,1-3H3/t16-,17?,18+,19?,20?,21?,22+,23-/m0/s1. The molecule has 2 heteroatoms. The van der Waals surface area contributed by atoms with Crippen LogP contribution < -0.4 is 5.73 Å². The van der Waals surface area contributed by atoms with Crippen LogP contribution >= 0.6 is 11.8 Å². The molecule has 0 heterocycles. The Morgan fingerprint density at radius 3 is 2.48 bits per heavy atom. The zero-order valence-electron chi connectivity index (χ0n) is 16.9. The predicted octanol–water partition coefficient (Wildman–Crippen LogP) is 6.12. The van der Waals surface area contributed by atoms with Crippen molar-refractivity contribution in [2.45, 2.75) is 90.2 Å². The molecule has 144 valence electrons. The summed E-state index contributed by atoms with van der Waals surface area (Å²) in [7, 11) is 0. The smallest absolute Gasteiger partial charge is 0.00501 e. The normalized spacial score (nSPS) is 52.3. The number of rotatable bonds is 4. The first kappa shape index (κ1) is 18.7. The van der Waals surface area contributed by atoms with E-state index in [1.54, 1.807) is 12.8 Å². The fourth-order valence-electron chi connectivity index (χ4n) is 7.97. The maximum absolute atomic E-state index is 5.69. The largest absolute Gasteiger partial charge is 0.330 e. The highest BCUT2D eigenvalue weighted by Crippen LogP contribution is 2.67. The number of nitrogens with two attached hydrogens (primary N) is 1. The summed E-state index contributed by atoms with van der Waals surface area (Å²) in [4.78, 5) is 0. The highest BCUT2D eigenvalue weighted by atomic mass is 32.2. The Balaban J connectivity index is 1.46. The van der Waals surface area contributed by atoms with Crippen LogP contribution in [0.15, 0.2) is 0 Å². The van der Waals surface area contributed by atoms with Crippen LogP contribution in [-0.4, -0.2) is 17.5 Å². The molecule has 0 aromatic rings. The SMILES string of the molecule is C[C@H]1CCC2C3CCC4C[C@H](SCCCN)CC[C@]4(C)C3CC[C@@]21C. The molecular formula is C23H41NS. The molecule has 1 nitrogen and oxygen atoms in total. The Bertz CT molecular complexity index is 479. The van der Waals surface area contributed by atoms with Crippen LogP contribution in [0.3, 0.4) is 0 Å². The molecule has 0 bridgehead atoms. The van der Waals surface area contributed by atoms with E-state index < -0.39 is 0 Å². The van der Waals surface area contributed by atoms with Gasteiger partial charge < -0.3 is 5.73 Å². The third kappa shape index (κ3) is 3.02. The van der Waals surface area contributed by atoms with Gasteiger partial charge >= 0.3 is 0 Å². The van der Waals surface area contributed by atoms with E-state index in [0.29, 0.717) is 10.8 Å². The molecule has 25 heavy (non-hydrogen) atoms. The molecule has 0 spiro atoms. The van der Waals surface area contributed by atoms with Gasteiger partial charge in [-0.3, -0.25) is 0 Å². The van der Waals surface area contributed by atoms with Crippen LogP contribution in [0.5, 0.6) is 0 Å². The second-order valence-corrected chi connectivity index (χ2v) is 12.0. The first-order chi connectivity index (χ1) is 12.0. The van der Waals surface area contributed by atoms with Crippen LogP contribution in [0, 0.1) is 40.4 Å². The topological polar surface area (TPSA) is 26.0 Å². The van der Waals surface area contributed by atoms with Crippen molar-refractivity contribution < 1.29 is 0 Å². The molecule has 0 aromatic heterocycles. The van der Waals surface area contributed by atoms with Crippen LogP contribution in [0.1, 0.15) is 85.0 Å². The Morgan fingerprint density at radius 1 is 0.920 bits per heavy atom. The maximum Gasteiger partial charge on any atom is 0.00501 e. The quantitative estimate of drug-likeness (QED) is 0.609. The van der Waals surface area contributed by atoms with Gasteiger partial charge in [-0.15, -0.1) is 0 Å². The molecule has 8 atom stereocenters. The van der Waals surface area contributed by atoms with Crippen molar-refractivity contribution >= 4 is 11.8 Å². The predicted molar refractivity (Wildman–Crippen MR) is 111 cm³/mol. The summed E-state index contributed by atoms with van der Waals surface area (Å²) in [6.07, 6.45) is 14.9. The number of hydrogen-bond acceptors (Lipinski definition) is 2. The summed E-state index contributed by atoms with van der Waals surface area (Å²) in [5, 5.41) is 0.932. The van der Waals surface area contributed by atoms with Crippen molar-refractivity contribution in [2.75, 3.05) is 12.3 Å². The zero-order valence-corrected chi connectivity index (χ0v) is 17.8. The summed E-state index contributed by atoms with van der Waals surface area (Å²) in [5.41, 5.74) is 7.04. The lowest BCUT2D eigenvalue weighted by Gasteiger charge is -2.61. The Labute approximate surface area is 160 Å². The van der Waals surface area contributed by atoms with Crippen molar-refractivity contribution in [3.05, 3.63) is 0 Å². The molecule has 4 aliphatic carbocycles. The van der Waals surface area contributed by atoms with Crippen molar-refractivity contribution in [2.24, 2.45) is 46.2 Å². The molecule has 0 saturated heterocycles. The molecule has 4 aliphatic rings. The molecule has 0 aromatic carbocycles. The third-order valence-electron chi connectivity index (χ3n) is 9.79. The average molecular weight is 364 g/mol. The van der Waals surface area contributed by atoms with Gasteiger partial charge in [0.2, 0.25) is 0 Å². The summed E-state index contributed by atoms with van der Waals surface area (Å²) < 4.78 is 0. The van der Waals surface area contributed by atoms with E-state index in [4.69, 9.17) is 5.73 Å². The highest BCUT2D eigenvalue weighted by Gasteiger charge is 2.59. The van der Waals surface area contributed by atoms with Crippen molar-refractivity contribution in [3.8, 4) is 0 Å². The fraction of sp³-hybridized carbons (Fsp3) is 1.00. The van der Waals surface area contributed by atoms with Gasteiger partial charge in [-0.2, -0.15) is 11.8 Å². The third-order valence-corrected chi connectivity index (χ3v) is 11.2. The van der Waals surface area contributed by atoms with Gasteiger partial charge in [0.05, 0.1) is 0 Å². The molecule has 0 aliphatic heterocycles. The lowest BCUT2D eigenvalue weighted by Crippen LogP contribution is -2.53. The van der Waals surface area contributed by atoms with Crippen molar-refractivity contribution in [1.29, 1.82) is 0 Å². The van der Waals surface area contributed by atoms with E-state index in [1.165, 1.54) is 57.1 Å². The minimum absolute atomic E-state index is 0.668. The zero-order chi connectivity index (χ0) is 17.7. The summed E-state index contributed by atoms with van der Waals surface area (Å²) in [6, 6.07) is 0. The van der Waals surface area contributed by atoms with Gasteiger partial charge in [-0.25, -0.2) is 0 Å². The van der Waals surface area contributed by atoms with Gasteiger partial charge in [0.25, 0.3) is 0 Å². The molecule has 0 radical (unpaired) electrons. The van der Waals surface area contributed by atoms with Gasteiger partial charge in [-0.05, 0) is 117 Å². The van der Waals surface area contributed by atoms with Crippen LogP contribution in [0.4, 0.5) is 0 Å². The van der Waals surface area contributed by atoms with Crippen LogP contribution in [0.25, 0.3) is 0 Å². The summed E-state index contributed by atoms with van der Waals surface area (Å²) in [6.45, 7) is 8.79. The Morgan fingerprint density at radius 2 is 1.68 bits per heavy atom. The van der Waals surface area contributed by atoms with E-state index in [-0.39, 0.29) is 0 Å². The fourth-order valence-corrected chi connectivity index (χ4v) is 9.29. The second-order valence-electron chi connectivity index (χ2n) is 10.6. The minimum Gasteiger partial charge on any atom is -0.330 e. The van der Waals surface area contributed by atoms with Crippen LogP contribution in [0.2, 0.25) is 0 Å². The average Bonchev–Trinajstić information content (AvgIpc) is 2.90. The summed E-state index contributed by atoms with van der Waals surface area (Å²) in [5.74, 6) is 6.43. The first-order valence-corrected chi connectivity index (χ1v) is 12.4. The van der Waals surface area contributed by atoms with Gasteiger partial charge in [-0.1, -0.05) is 20.8 Å². The molecule has 2 N–H and O–H groups in total. The van der Waals surface area contributed by atoms with E-state index in [9.17, 15) is 0 Å². The molecule has 0 amide bonds. The van der Waals surface area contributed by atoms with Gasteiger partial charge in [0, 0.05) is 5.25 Å². The number of thioether (sulfide) groups is 1. The molecule has 4 fully saturated rings. The first-order valence-electron chi connectivity index (χ1n) is 11.3. The molecule has 4 rings (SSSR count). The minimum atomic E-state index is 0.668. The monoisotopic (exact) mass is 363 g/mol. The number of hydrogen-bond donors (Lipinski definition) is 1. The van der Waals surface area contributed by atoms with Gasteiger partial charge in [0.15, 0.2) is 0 Å². The Hall–Kier alpha value is 0.310. The lowest BCUT2D eigenvalue weighted by atomic mass is 9.45. The Kier molecular flexibility index (Phi) is 5.26. The lowest BCUT2D eigenvalue weighted by molar-refractivity contribution is -0.108. The highest BCUT2D eigenvalue weighted by molar-refractivity contribution is 7.99. The molecular weight excluding hydrogens is 322 g/mol. The maximum atomic E-state index is 5.69. The van der Waals surface area contributed by atoms with E-state index in [2.05, 4.69) is 32.5 Å². The van der Waals surface area contributed by atoms with Gasteiger partial charge in [0.1, 0.15) is 0 Å². The van der Waals surface area contributed by atoms with Crippen molar-refractivity contribution in [3.63, 3.8) is 0 Å². The van der Waals surface area contributed by atoms with Crippen LogP contribution in [-0.2, 0) is 0 Å². The molecule has 4 saturated carbocycles. The number of fused-ring (bicyclic) bond motifs is 5. The van der Waals surface area contributed by atoms with E-state index >= 15 is 0 Å².